The van der Waals surface area contributed by atoms with Gasteiger partial charge < -0.3 is 15.3 Å². The molecule has 2 aromatic rings. The molecule has 0 unspecified atom stereocenters. The zero-order chi connectivity index (χ0) is 17.6. The van der Waals surface area contributed by atoms with Gasteiger partial charge in [0.2, 0.25) is 0 Å². The van der Waals surface area contributed by atoms with Crippen LogP contribution in [0.25, 0.3) is 0 Å². The summed E-state index contributed by atoms with van der Waals surface area (Å²) in [5, 5.41) is 12.5. The minimum atomic E-state index is -0.139. The molecular weight excluding hydrogens is 314 g/mol. The number of aliphatic hydroxyl groups excluding tert-OH is 1. The first kappa shape index (κ1) is 17.4. The lowest BCUT2D eigenvalue weighted by Gasteiger charge is -2.36. The minimum absolute atomic E-state index is 0.0155. The second-order valence-corrected chi connectivity index (χ2v) is 6.48. The van der Waals surface area contributed by atoms with Crippen molar-refractivity contribution < 1.29 is 9.90 Å². The van der Waals surface area contributed by atoms with Gasteiger partial charge in [-0.25, -0.2) is 4.79 Å². The van der Waals surface area contributed by atoms with Crippen LogP contribution in [0.4, 0.5) is 4.79 Å². The van der Waals surface area contributed by atoms with Crippen LogP contribution in [0, 0.1) is 0 Å². The number of hydrogen-bond donors (Lipinski definition) is 2. The number of aliphatic hydroxyl groups is 1. The van der Waals surface area contributed by atoms with Gasteiger partial charge in [-0.05, 0) is 55.0 Å². The molecule has 1 heterocycles. The zero-order valence-corrected chi connectivity index (χ0v) is 14.6. The average molecular weight is 339 g/mol. The van der Waals surface area contributed by atoms with Crippen molar-refractivity contribution in [1.82, 2.24) is 15.2 Å². The van der Waals surface area contributed by atoms with E-state index in [2.05, 4.69) is 22.4 Å². The summed E-state index contributed by atoms with van der Waals surface area (Å²) >= 11 is 0. The van der Waals surface area contributed by atoms with Crippen molar-refractivity contribution in [1.29, 1.82) is 0 Å². The molecule has 0 saturated heterocycles. The highest BCUT2D eigenvalue weighted by Gasteiger charge is 2.29. The molecule has 25 heavy (non-hydrogen) atoms. The van der Waals surface area contributed by atoms with Gasteiger partial charge >= 0.3 is 6.03 Å². The first-order valence-corrected chi connectivity index (χ1v) is 8.86. The summed E-state index contributed by atoms with van der Waals surface area (Å²) in [6.45, 7) is 2.24. The Labute approximate surface area is 148 Å². The number of urea groups is 1. The molecule has 1 aromatic carbocycles. The Morgan fingerprint density at radius 2 is 2.08 bits per heavy atom. The number of nitrogens with one attached hydrogen (secondary N) is 1. The van der Waals surface area contributed by atoms with E-state index in [-0.39, 0.29) is 24.7 Å². The van der Waals surface area contributed by atoms with Crippen molar-refractivity contribution in [3.05, 3.63) is 65.5 Å². The molecule has 1 aromatic heterocycles. The zero-order valence-electron chi connectivity index (χ0n) is 14.6. The normalized spacial score (nSPS) is 17.4. The maximum Gasteiger partial charge on any atom is 0.318 e. The average Bonchev–Trinajstić information content (AvgIpc) is 2.66. The Hall–Kier alpha value is -2.40. The molecule has 0 spiro atoms. The Bertz CT molecular complexity index is 705. The molecule has 132 valence electrons. The number of benzene rings is 1. The van der Waals surface area contributed by atoms with E-state index in [1.54, 1.807) is 17.3 Å². The smallest absolute Gasteiger partial charge is 0.318 e. The van der Waals surface area contributed by atoms with Gasteiger partial charge in [0.15, 0.2) is 0 Å². The third kappa shape index (κ3) is 3.99. The predicted octanol–water partition coefficient (Wildman–Crippen LogP) is 3.22. The monoisotopic (exact) mass is 339 g/mol. The van der Waals surface area contributed by atoms with Crippen LogP contribution in [0.5, 0.6) is 0 Å². The fourth-order valence-electron chi connectivity index (χ4n) is 3.56. The molecule has 0 bridgehead atoms. The molecule has 5 nitrogen and oxygen atoms in total. The van der Waals surface area contributed by atoms with Gasteiger partial charge in [-0.3, -0.25) is 4.98 Å². The van der Waals surface area contributed by atoms with Crippen molar-refractivity contribution in [3.8, 4) is 0 Å². The summed E-state index contributed by atoms with van der Waals surface area (Å²) in [5.74, 6) is 0. The third-order valence-electron chi connectivity index (χ3n) is 4.86. The van der Waals surface area contributed by atoms with Crippen molar-refractivity contribution in [2.24, 2.45) is 0 Å². The van der Waals surface area contributed by atoms with Crippen molar-refractivity contribution in [2.45, 2.75) is 38.3 Å². The molecule has 2 atom stereocenters. The fraction of sp³-hybridized carbons (Fsp3) is 0.400. The number of fused-ring (bicyclic) bond motifs is 1. The Morgan fingerprint density at radius 1 is 1.32 bits per heavy atom. The van der Waals surface area contributed by atoms with Gasteiger partial charge in [0, 0.05) is 18.9 Å². The van der Waals surface area contributed by atoms with Gasteiger partial charge in [0.05, 0.1) is 18.7 Å². The van der Waals surface area contributed by atoms with E-state index in [4.69, 9.17) is 0 Å². The maximum absolute atomic E-state index is 12.9. The standard InChI is InChI=1S/C20H25N3O2/c1-15(16-9-11-21-12-10-16)22-20(25)23(13-14-24)19-8-4-6-17-5-2-3-7-18(17)19/h2-3,5,7,9-12,15,19,24H,4,6,8,13-14H2,1H3,(H,22,25)/t15-,19+/m1/s1. The quantitative estimate of drug-likeness (QED) is 0.879. The highest BCUT2D eigenvalue weighted by Crippen LogP contribution is 2.34. The minimum Gasteiger partial charge on any atom is -0.395 e. The number of amides is 2. The van der Waals surface area contributed by atoms with E-state index in [1.165, 1.54) is 11.1 Å². The second-order valence-electron chi connectivity index (χ2n) is 6.48. The van der Waals surface area contributed by atoms with Crippen molar-refractivity contribution >= 4 is 6.03 Å². The highest BCUT2D eigenvalue weighted by atomic mass is 16.3. The van der Waals surface area contributed by atoms with Crippen LogP contribution in [0.1, 0.15) is 48.5 Å². The van der Waals surface area contributed by atoms with E-state index in [0.717, 1.165) is 24.8 Å². The Balaban J connectivity index is 1.78. The van der Waals surface area contributed by atoms with Crippen LogP contribution >= 0.6 is 0 Å². The van der Waals surface area contributed by atoms with E-state index in [1.807, 2.05) is 31.2 Å². The van der Waals surface area contributed by atoms with E-state index < -0.39 is 0 Å². The molecule has 1 aliphatic carbocycles. The Morgan fingerprint density at radius 3 is 2.84 bits per heavy atom. The third-order valence-corrected chi connectivity index (χ3v) is 4.86. The van der Waals surface area contributed by atoms with Crippen LogP contribution in [0.2, 0.25) is 0 Å². The number of aromatic nitrogens is 1. The lowest BCUT2D eigenvalue weighted by Crippen LogP contribution is -2.45. The van der Waals surface area contributed by atoms with Crippen LogP contribution in [0.3, 0.4) is 0 Å². The summed E-state index contributed by atoms with van der Waals surface area (Å²) in [6, 6.07) is 11.9. The van der Waals surface area contributed by atoms with Gasteiger partial charge in [-0.15, -0.1) is 0 Å². The summed E-state index contributed by atoms with van der Waals surface area (Å²) < 4.78 is 0. The first-order valence-electron chi connectivity index (χ1n) is 8.86. The van der Waals surface area contributed by atoms with E-state index in [9.17, 15) is 9.90 Å². The fourth-order valence-corrected chi connectivity index (χ4v) is 3.56. The largest absolute Gasteiger partial charge is 0.395 e. The second kappa shape index (κ2) is 8.12. The van der Waals surface area contributed by atoms with Crippen LogP contribution in [0.15, 0.2) is 48.8 Å². The molecule has 1 aliphatic rings. The number of aryl methyl sites for hydroxylation is 1. The molecule has 2 N–H and O–H groups in total. The maximum atomic E-state index is 12.9. The number of nitrogens with zero attached hydrogens (tertiary/aromatic N) is 2. The molecule has 5 heteroatoms. The van der Waals surface area contributed by atoms with Gasteiger partial charge in [0.1, 0.15) is 0 Å². The topological polar surface area (TPSA) is 65.5 Å². The van der Waals surface area contributed by atoms with Crippen molar-refractivity contribution in [2.75, 3.05) is 13.2 Å². The van der Waals surface area contributed by atoms with Gasteiger partial charge in [-0.1, -0.05) is 24.3 Å². The molecule has 0 aliphatic heterocycles. The summed E-state index contributed by atoms with van der Waals surface area (Å²) in [7, 11) is 0. The van der Waals surface area contributed by atoms with Gasteiger partial charge in [-0.2, -0.15) is 0 Å². The summed E-state index contributed by atoms with van der Waals surface area (Å²) in [5.41, 5.74) is 3.52. The van der Waals surface area contributed by atoms with Gasteiger partial charge in [0.25, 0.3) is 0 Å². The summed E-state index contributed by atoms with van der Waals surface area (Å²) in [6.07, 6.45) is 6.47. The van der Waals surface area contributed by atoms with E-state index >= 15 is 0 Å². The molecular formula is C20H25N3O2. The SMILES string of the molecule is C[C@@H](NC(=O)N(CCO)[C@H]1CCCc2ccccc21)c1ccncc1. The van der Waals surface area contributed by atoms with E-state index in [0.29, 0.717) is 6.54 Å². The Kier molecular flexibility index (Phi) is 5.66. The molecule has 3 rings (SSSR count). The molecule has 0 radical (unpaired) electrons. The number of rotatable bonds is 5. The van der Waals surface area contributed by atoms with Crippen LogP contribution in [-0.2, 0) is 6.42 Å². The lowest BCUT2D eigenvalue weighted by molar-refractivity contribution is 0.142. The lowest BCUT2D eigenvalue weighted by atomic mass is 9.87. The molecule has 2 amide bonds. The van der Waals surface area contributed by atoms with Crippen LogP contribution < -0.4 is 5.32 Å². The number of carbonyl (C=O) groups is 1. The number of carbonyl (C=O) groups excluding carboxylic acids is 1. The highest BCUT2D eigenvalue weighted by molar-refractivity contribution is 5.75. The molecule has 0 fully saturated rings. The predicted molar refractivity (Wildman–Crippen MR) is 97.1 cm³/mol. The summed E-state index contributed by atoms with van der Waals surface area (Å²) in [4.78, 5) is 18.7. The van der Waals surface area contributed by atoms with Crippen molar-refractivity contribution in [3.63, 3.8) is 0 Å². The van der Waals surface area contributed by atoms with Crippen LogP contribution in [-0.4, -0.2) is 34.2 Å². The molecule has 0 saturated carbocycles. The number of hydrogen-bond acceptors (Lipinski definition) is 3. The number of pyridine rings is 1. The first-order chi connectivity index (χ1) is 12.2.